The summed E-state index contributed by atoms with van der Waals surface area (Å²) in [5.74, 6) is 0. The molecule has 0 radical (unpaired) electrons. The van der Waals surface area contributed by atoms with Gasteiger partial charge < -0.3 is 5.32 Å². The van der Waals surface area contributed by atoms with Crippen molar-refractivity contribution < 1.29 is 9.18 Å². The van der Waals surface area contributed by atoms with Gasteiger partial charge in [-0.25, -0.2) is 4.39 Å². The highest BCUT2D eigenvalue weighted by Crippen LogP contribution is 1.48. The van der Waals surface area contributed by atoms with Crippen molar-refractivity contribution in [1.29, 1.82) is 0 Å². The summed E-state index contributed by atoms with van der Waals surface area (Å²) < 4.78 is 10.1. The average molecular weight is 117 g/mol. The van der Waals surface area contributed by atoms with E-state index in [0.717, 1.165) is 0 Å². The molecule has 0 atom stereocenters. The van der Waals surface area contributed by atoms with Gasteiger partial charge in [-0.05, 0) is 6.20 Å². The topological polar surface area (TPSA) is 29.1 Å². The Morgan fingerprint density at radius 2 is 1.88 bits per heavy atom. The molecule has 0 aliphatic heterocycles. The second-order valence-corrected chi connectivity index (χ2v) is 0.643. The largest absolute Gasteiger partial charge is 0.336 e. The Hall–Kier alpha value is -1.12. The lowest BCUT2D eigenvalue weighted by Gasteiger charge is -1.70. The highest BCUT2D eigenvalue weighted by molar-refractivity contribution is 5.47. The van der Waals surface area contributed by atoms with E-state index in [9.17, 15) is 9.18 Å². The maximum atomic E-state index is 10.1. The summed E-state index contributed by atoms with van der Waals surface area (Å²) in [4.78, 5) is 9.22. The SMILES string of the molecule is C=CF.C=CNC=O. The molecule has 0 spiro atoms. The minimum Gasteiger partial charge on any atom is -0.336 e. The minimum absolute atomic E-state index is 0.250. The summed E-state index contributed by atoms with van der Waals surface area (Å²) in [7, 11) is 0. The van der Waals surface area contributed by atoms with Gasteiger partial charge in [0.05, 0.1) is 6.33 Å². The van der Waals surface area contributed by atoms with Crippen molar-refractivity contribution in [2.75, 3.05) is 0 Å². The van der Waals surface area contributed by atoms with Crippen molar-refractivity contribution in [3.05, 3.63) is 25.7 Å². The van der Waals surface area contributed by atoms with Gasteiger partial charge in [0.1, 0.15) is 0 Å². The number of hydrogen-bond acceptors (Lipinski definition) is 1. The third-order valence-electron chi connectivity index (χ3n) is 0.186. The third kappa shape index (κ3) is 94.9. The maximum Gasteiger partial charge on any atom is 0.211 e. The minimum atomic E-state index is 0.250. The molecule has 0 rings (SSSR count). The monoisotopic (exact) mass is 117 g/mol. The highest BCUT2D eigenvalue weighted by Gasteiger charge is 1.50. The molecule has 0 aromatic rings. The van der Waals surface area contributed by atoms with E-state index in [1.54, 1.807) is 0 Å². The second kappa shape index (κ2) is 16.9. The Morgan fingerprint density at radius 1 is 1.50 bits per heavy atom. The summed E-state index contributed by atoms with van der Waals surface area (Å²) in [6.45, 7) is 5.90. The number of halogens is 1. The first-order chi connectivity index (χ1) is 3.83. The zero-order valence-corrected chi connectivity index (χ0v) is 4.43. The van der Waals surface area contributed by atoms with Crippen molar-refractivity contribution in [2.45, 2.75) is 0 Å². The predicted molar refractivity (Wildman–Crippen MR) is 30.7 cm³/mol. The van der Waals surface area contributed by atoms with E-state index in [0.29, 0.717) is 6.41 Å². The van der Waals surface area contributed by atoms with Gasteiger partial charge in [-0.3, -0.25) is 4.79 Å². The van der Waals surface area contributed by atoms with Gasteiger partial charge >= 0.3 is 0 Å². The van der Waals surface area contributed by atoms with Gasteiger partial charge in [0.2, 0.25) is 6.41 Å². The smallest absolute Gasteiger partial charge is 0.211 e. The highest BCUT2D eigenvalue weighted by atomic mass is 19.1. The van der Waals surface area contributed by atoms with Gasteiger partial charge in [-0.15, -0.1) is 0 Å². The molecule has 2 nitrogen and oxygen atoms in total. The van der Waals surface area contributed by atoms with Crippen LogP contribution in [-0.4, -0.2) is 6.41 Å². The van der Waals surface area contributed by atoms with E-state index < -0.39 is 0 Å². The zero-order valence-electron chi connectivity index (χ0n) is 4.43. The number of hydrogen-bond donors (Lipinski definition) is 1. The van der Waals surface area contributed by atoms with E-state index >= 15 is 0 Å². The standard InChI is InChI=1S/C3H5NO.C2H3F/c1-2-4-3-5;1-2-3/h2-3H,1H2,(H,4,5);2H,1H2. The van der Waals surface area contributed by atoms with Crippen LogP contribution in [0.15, 0.2) is 25.7 Å². The van der Waals surface area contributed by atoms with Crippen LogP contribution in [0, 0.1) is 0 Å². The van der Waals surface area contributed by atoms with E-state index in [-0.39, 0.29) is 6.33 Å². The van der Waals surface area contributed by atoms with Crippen LogP contribution < -0.4 is 5.32 Å². The van der Waals surface area contributed by atoms with Gasteiger partial charge in [-0.1, -0.05) is 13.2 Å². The van der Waals surface area contributed by atoms with Crippen LogP contribution in [0.1, 0.15) is 0 Å². The molecule has 0 saturated carbocycles. The molecule has 0 fully saturated rings. The molecule has 0 aliphatic rings. The molecule has 0 heterocycles. The molecule has 0 saturated heterocycles. The van der Waals surface area contributed by atoms with E-state index in [2.05, 4.69) is 18.5 Å². The molecule has 0 aromatic heterocycles. The summed E-state index contributed by atoms with van der Waals surface area (Å²) >= 11 is 0. The molecule has 0 aromatic carbocycles. The summed E-state index contributed by atoms with van der Waals surface area (Å²) in [5.41, 5.74) is 0. The number of carbonyl (C=O) groups excluding carboxylic acids is 1. The number of carbonyl (C=O) groups is 1. The van der Waals surface area contributed by atoms with Crippen LogP contribution in [0.2, 0.25) is 0 Å². The third-order valence-corrected chi connectivity index (χ3v) is 0.186. The van der Waals surface area contributed by atoms with Crippen LogP contribution in [0.5, 0.6) is 0 Å². The molecule has 0 unspecified atom stereocenters. The Kier molecular flexibility index (Phi) is 21.1. The number of amides is 1. The van der Waals surface area contributed by atoms with Crippen molar-refractivity contribution in [3.8, 4) is 0 Å². The predicted octanol–water partition coefficient (Wildman–Crippen LogP) is 0.975. The fraction of sp³-hybridized carbons (Fsp3) is 0. The zero-order chi connectivity index (χ0) is 6.83. The summed E-state index contributed by atoms with van der Waals surface area (Å²) in [5, 5.41) is 2.19. The van der Waals surface area contributed by atoms with Crippen molar-refractivity contribution in [3.63, 3.8) is 0 Å². The lowest BCUT2D eigenvalue weighted by molar-refractivity contribution is -0.108. The molecule has 0 aliphatic carbocycles. The Balaban J connectivity index is 0. The quantitative estimate of drug-likeness (QED) is 0.536. The van der Waals surface area contributed by atoms with Crippen LogP contribution in [0.3, 0.4) is 0 Å². The van der Waals surface area contributed by atoms with Crippen molar-refractivity contribution in [2.24, 2.45) is 0 Å². The Bertz CT molecular complexity index is 66.8. The average Bonchev–Trinajstić information content (AvgIpc) is 1.71. The number of rotatable bonds is 2. The Morgan fingerprint density at radius 3 is 1.88 bits per heavy atom. The molecule has 1 N–H and O–H groups in total. The van der Waals surface area contributed by atoms with Gasteiger partial charge in [0.25, 0.3) is 0 Å². The fourth-order valence-corrected chi connectivity index (χ4v) is 0.0481. The van der Waals surface area contributed by atoms with Crippen LogP contribution >= 0.6 is 0 Å². The van der Waals surface area contributed by atoms with E-state index in [1.165, 1.54) is 6.20 Å². The van der Waals surface area contributed by atoms with Gasteiger partial charge in [0, 0.05) is 0 Å². The number of nitrogens with one attached hydrogen (secondary N) is 1. The second-order valence-electron chi connectivity index (χ2n) is 0.643. The lowest BCUT2D eigenvalue weighted by atomic mass is 11.0. The molecule has 1 amide bonds. The molecular formula is C5H8FNO. The fourth-order valence-electron chi connectivity index (χ4n) is 0.0481. The van der Waals surface area contributed by atoms with Gasteiger partial charge in [-0.2, -0.15) is 0 Å². The first kappa shape index (κ1) is 9.99. The van der Waals surface area contributed by atoms with E-state index in [4.69, 9.17) is 0 Å². The molecule has 8 heavy (non-hydrogen) atoms. The molecule has 3 heteroatoms. The van der Waals surface area contributed by atoms with Crippen molar-refractivity contribution >= 4 is 6.41 Å². The molecule has 0 bridgehead atoms. The lowest BCUT2D eigenvalue weighted by Crippen LogP contribution is -1.96. The van der Waals surface area contributed by atoms with Gasteiger partial charge in [0.15, 0.2) is 0 Å². The van der Waals surface area contributed by atoms with E-state index in [1.807, 2.05) is 0 Å². The van der Waals surface area contributed by atoms with Crippen LogP contribution in [-0.2, 0) is 4.79 Å². The van der Waals surface area contributed by atoms with Crippen molar-refractivity contribution in [1.82, 2.24) is 5.32 Å². The first-order valence-corrected chi connectivity index (χ1v) is 1.85. The van der Waals surface area contributed by atoms with Crippen LogP contribution in [0.25, 0.3) is 0 Å². The summed E-state index contributed by atoms with van der Waals surface area (Å²) in [6, 6.07) is 0. The first-order valence-electron chi connectivity index (χ1n) is 1.85. The normalized spacial score (nSPS) is 5.12. The Labute approximate surface area is 47.7 Å². The molecular weight excluding hydrogens is 109 g/mol. The summed E-state index contributed by atoms with van der Waals surface area (Å²) in [6.07, 6.45) is 2.12. The maximum absolute atomic E-state index is 10.1. The van der Waals surface area contributed by atoms with Crippen LogP contribution in [0.4, 0.5) is 4.39 Å². The molecule has 46 valence electrons.